The first-order chi connectivity index (χ1) is 8.70. The molecular weight excluding hydrogens is 236 g/mol. The van der Waals surface area contributed by atoms with Gasteiger partial charge < -0.3 is 10.3 Å². The van der Waals surface area contributed by atoms with Crippen LogP contribution in [0.5, 0.6) is 0 Å². The molecule has 0 aliphatic heterocycles. The third-order valence-electron chi connectivity index (χ3n) is 2.18. The van der Waals surface area contributed by atoms with Crippen molar-refractivity contribution >= 4 is 11.5 Å². The molecule has 0 aliphatic rings. The van der Waals surface area contributed by atoms with Crippen molar-refractivity contribution in [3.63, 3.8) is 0 Å². The smallest absolute Gasteiger partial charge is 0.289 e. The molecule has 0 bridgehead atoms. The summed E-state index contributed by atoms with van der Waals surface area (Å²) in [5, 5.41) is 22.3. The number of nitro groups is 1. The maximum atomic E-state index is 10.5. The van der Waals surface area contributed by atoms with E-state index in [1.165, 1.54) is 6.07 Å². The van der Waals surface area contributed by atoms with E-state index in [0.717, 1.165) is 6.20 Å². The Morgan fingerprint density at radius 1 is 1.56 bits per heavy atom. The summed E-state index contributed by atoms with van der Waals surface area (Å²) < 4.78 is 0. The van der Waals surface area contributed by atoms with Gasteiger partial charge in [0.1, 0.15) is 29.5 Å². The number of aromatic amines is 1. The molecule has 8 heteroatoms. The third-order valence-corrected chi connectivity index (χ3v) is 2.18. The molecular formula is C10H8N6O2. The summed E-state index contributed by atoms with van der Waals surface area (Å²) in [6, 6.07) is 3.04. The molecule has 0 unspecified atom stereocenters. The standard InChI is InChI=1S/C10H8N6O2/c11-4-7-3-8(16(17)18)5-14-10(7)15-6-9-12-1-2-13-9/h1-3,5H,6H2,(H,12,13)(H,14,15). The van der Waals surface area contributed by atoms with Gasteiger partial charge in [0.2, 0.25) is 0 Å². The Hall–Kier alpha value is -2.95. The van der Waals surface area contributed by atoms with Crippen LogP contribution in [0.4, 0.5) is 11.5 Å². The molecule has 0 aliphatic carbocycles. The van der Waals surface area contributed by atoms with Gasteiger partial charge in [-0.1, -0.05) is 0 Å². The number of nitriles is 1. The maximum Gasteiger partial charge on any atom is 0.289 e. The number of anilines is 1. The molecule has 0 fully saturated rings. The fourth-order valence-electron chi connectivity index (χ4n) is 1.34. The largest absolute Gasteiger partial charge is 0.362 e. The summed E-state index contributed by atoms with van der Waals surface area (Å²) in [6.45, 7) is 0.354. The zero-order valence-electron chi connectivity index (χ0n) is 9.12. The van der Waals surface area contributed by atoms with E-state index in [0.29, 0.717) is 18.2 Å². The molecule has 0 atom stereocenters. The number of pyridine rings is 1. The van der Waals surface area contributed by atoms with E-state index in [9.17, 15) is 10.1 Å². The first kappa shape index (κ1) is 11.5. The van der Waals surface area contributed by atoms with E-state index in [-0.39, 0.29) is 11.3 Å². The van der Waals surface area contributed by atoms with Gasteiger partial charge in [0.05, 0.1) is 11.5 Å². The number of rotatable bonds is 4. The lowest BCUT2D eigenvalue weighted by Gasteiger charge is -2.04. The van der Waals surface area contributed by atoms with Crippen LogP contribution in [-0.4, -0.2) is 19.9 Å². The Kier molecular flexibility index (Phi) is 3.15. The SMILES string of the molecule is N#Cc1cc([N+](=O)[O-])cnc1NCc1ncc[nH]1. The summed E-state index contributed by atoms with van der Waals surface area (Å²) in [7, 11) is 0. The van der Waals surface area contributed by atoms with Crippen LogP contribution in [0.1, 0.15) is 11.4 Å². The molecule has 0 spiro atoms. The van der Waals surface area contributed by atoms with Crippen molar-refractivity contribution < 1.29 is 4.92 Å². The van der Waals surface area contributed by atoms with Crippen molar-refractivity contribution in [3.8, 4) is 6.07 Å². The minimum atomic E-state index is -0.593. The average Bonchev–Trinajstić information content (AvgIpc) is 2.89. The molecule has 0 radical (unpaired) electrons. The monoisotopic (exact) mass is 244 g/mol. The lowest BCUT2D eigenvalue weighted by atomic mass is 10.2. The van der Waals surface area contributed by atoms with Crippen LogP contribution in [0, 0.1) is 21.4 Å². The summed E-state index contributed by atoms with van der Waals surface area (Å²) in [5.74, 6) is 0.971. The van der Waals surface area contributed by atoms with Crippen LogP contribution >= 0.6 is 0 Å². The highest BCUT2D eigenvalue weighted by Crippen LogP contribution is 2.18. The molecule has 0 saturated heterocycles. The number of nitrogens with zero attached hydrogens (tertiary/aromatic N) is 4. The highest BCUT2D eigenvalue weighted by molar-refractivity contribution is 5.55. The van der Waals surface area contributed by atoms with Gasteiger partial charge in [-0.05, 0) is 0 Å². The second kappa shape index (κ2) is 4.92. The minimum absolute atomic E-state index is 0.121. The number of nitrogens with one attached hydrogen (secondary N) is 2. The van der Waals surface area contributed by atoms with Crippen molar-refractivity contribution in [1.82, 2.24) is 15.0 Å². The Balaban J connectivity index is 2.18. The predicted molar refractivity (Wildman–Crippen MR) is 61.5 cm³/mol. The van der Waals surface area contributed by atoms with E-state index in [4.69, 9.17) is 5.26 Å². The molecule has 90 valence electrons. The van der Waals surface area contributed by atoms with Crippen LogP contribution in [0.3, 0.4) is 0 Å². The summed E-state index contributed by atoms with van der Waals surface area (Å²) >= 11 is 0. The number of hydrogen-bond acceptors (Lipinski definition) is 6. The molecule has 0 aromatic carbocycles. The lowest BCUT2D eigenvalue weighted by molar-refractivity contribution is -0.385. The van der Waals surface area contributed by atoms with Gasteiger partial charge in [-0.25, -0.2) is 9.97 Å². The van der Waals surface area contributed by atoms with Crippen LogP contribution in [0.25, 0.3) is 0 Å². The Labute approximate surface area is 101 Å². The molecule has 8 nitrogen and oxygen atoms in total. The molecule has 0 amide bonds. The highest BCUT2D eigenvalue weighted by Gasteiger charge is 2.11. The van der Waals surface area contributed by atoms with Gasteiger partial charge in [-0.15, -0.1) is 0 Å². The normalized spacial score (nSPS) is 9.72. The van der Waals surface area contributed by atoms with Gasteiger partial charge in [-0.2, -0.15) is 5.26 Å². The molecule has 2 N–H and O–H groups in total. The van der Waals surface area contributed by atoms with Crippen molar-refractivity contribution in [3.05, 3.63) is 46.2 Å². The molecule has 0 saturated carbocycles. The average molecular weight is 244 g/mol. The van der Waals surface area contributed by atoms with Crippen LogP contribution in [0.15, 0.2) is 24.7 Å². The Morgan fingerprint density at radius 2 is 2.39 bits per heavy atom. The van der Waals surface area contributed by atoms with E-state index in [1.807, 2.05) is 6.07 Å². The van der Waals surface area contributed by atoms with Gasteiger partial charge in [0.25, 0.3) is 5.69 Å². The van der Waals surface area contributed by atoms with E-state index in [1.54, 1.807) is 12.4 Å². The Bertz CT molecular complexity index is 601. The predicted octanol–water partition coefficient (Wildman–Crippen LogP) is 1.20. The molecule has 2 aromatic rings. The van der Waals surface area contributed by atoms with Gasteiger partial charge in [-0.3, -0.25) is 10.1 Å². The molecule has 2 heterocycles. The second-order valence-corrected chi connectivity index (χ2v) is 3.35. The highest BCUT2D eigenvalue weighted by atomic mass is 16.6. The maximum absolute atomic E-state index is 10.5. The van der Waals surface area contributed by atoms with Crippen LogP contribution in [-0.2, 0) is 6.54 Å². The van der Waals surface area contributed by atoms with Gasteiger partial charge in [0.15, 0.2) is 0 Å². The minimum Gasteiger partial charge on any atom is -0.362 e. The van der Waals surface area contributed by atoms with Crippen molar-refractivity contribution in [2.45, 2.75) is 6.54 Å². The second-order valence-electron chi connectivity index (χ2n) is 3.35. The summed E-state index contributed by atoms with van der Waals surface area (Å²) in [5.41, 5.74) is -0.0918. The fourth-order valence-corrected chi connectivity index (χ4v) is 1.34. The molecule has 2 aromatic heterocycles. The summed E-state index contributed by atoms with van der Waals surface area (Å²) in [6.07, 6.45) is 4.38. The quantitative estimate of drug-likeness (QED) is 0.615. The van der Waals surface area contributed by atoms with Gasteiger partial charge in [0, 0.05) is 18.5 Å². The van der Waals surface area contributed by atoms with Gasteiger partial charge >= 0.3 is 0 Å². The molecule has 2 rings (SSSR count). The summed E-state index contributed by atoms with van der Waals surface area (Å²) in [4.78, 5) is 20.7. The Morgan fingerprint density at radius 3 is 3.00 bits per heavy atom. The number of hydrogen-bond donors (Lipinski definition) is 2. The first-order valence-electron chi connectivity index (χ1n) is 4.97. The number of imidazole rings is 1. The van der Waals surface area contributed by atoms with Crippen LogP contribution < -0.4 is 5.32 Å². The first-order valence-corrected chi connectivity index (χ1v) is 4.97. The third kappa shape index (κ3) is 2.41. The van der Waals surface area contributed by atoms with Crippen LogP contribution in [0.2, 0.25) is 0 Å². The topological polar surface area (TPSA) is 121 Å². The van der Waals surface area contributed by atoms with E-state index >= 15 is 0 Å². The van der Waals surface area contributed by atoms with Crippen molar-refractivity contribution in [1.29, 1.82) is 5.26 Å². The number of aromatic nitrogens is 3. The zero-order chi connectivity index (χ0) is 13.0. The zero-order valence-corrected chi connectivity index (χ0v) is 9.12. The lowest BCUT2D eigenvalue weighted by Crippen LogP contribution is -2.05. The number of H-pyrrole nitrogens is 1. The van der Waals surface area contributed by atoms with E-state index in [2.05, 4.69) is 20.3 Å². The fraction of sp³-hybridized carbons (Fsp3) is 0.100. The molecule has 18 heavy (non-hydrogen) atoms. The van der Waals surface area contributed by atoms with Crippen molar-refractivity contribution in [2.75, 3.05) is 5.32 Å². The van der Waals surface area contributed by atoms with Crippen molar-refractivity contribution in [2.24, 2.45) is 0 Å². The van der Waals surface area contributed by atoms with E-state index < -0.39 is 4.92 Å².